The van der Waals surface area contributed by atoms with Crippen LogP contribution in [-0.4, -0.2) is 163 Å². The minimum Gasteiger partial charge on any atom is 0 e. The standard InChI is InChI=1S/Al.Ca.K.Na.3H2O.Si.7H/h;;;;3*1H2;;;;;;;;. The van der Waals surface area contributed by atoms with Crippen LogP contribution in [-0.2, 0) is 0 Å². The quantitative estimate of drug-likeness (QED) is 0.362. The summed E-state index contributed by atoms with van der Waals surface area (Å²) in [6.45, 7) is 0. The van der Waals surface area contributed by atoms with Gasteiger partial charge in [-0.25, -0.2) is 0 Å². The minimum absolute atomic E-state index is 0. The van der Waals surface area contributed by atoms with Gasteiger partial charge in [-0.1, -0.05) is 0 Å². The molecule has 4 radical (unpaired) electrons. The van der Waals surface area contributed by atoms with Crippen LogP contribution in [0.15, 0.2) is 0 Å². The Balaban J connectivity index is 0. The van der Waals surface area contributed by atoms with Crippen molar-refractivity contribution < 1.29 is 16.4 Å². The molecule has 8 heavy (non-hydrogen) atoms. The smallest absolute Gasteiger partial charge is 0 e. The summed E-state index contributed by atoms with van der Waals surface area (Å²) in [5, 5.41) is 0. The maximum Gasteiger partial charge on any atom is 0 e. The van der Waals surface area contributed by atoms with Crippen LogP contribution in [0.1, 0.15) is 0 Å². The summed E-state index contributed by atoms with van der Waals surface area (Å²) in [5.74, 6) is 0. The zero-order valence-electron chi connectivity index (χ0n) is 2.00. The first-order valence-corrected chi connectivity index (χ1v) is 0. The van der Waals surface area contributed by atoms with E-state index in [4.69, 9.17) is 0 Å². The predicted octanol–water partition coefficient (Wildman–Crippen LogP) is -6.25. The summed E-state index contributed by atoms with van der Waals surface area (Å²) in [5.41, 5.74) is 0. The first-order chi connectivity index (χ1) is 0. The molecule has 0 amide bonds. The van der Waals surface area contributed by atoms with Gasteiger partial charge in [-0.05, 0) is 0 Å². The molecule has 0 aliphatic rings. The largest absolute Gasteiger partial charge is 0 e. The average Bonchev–Trinajstić information content (AvgIpc) is 0. The third-order valence-corrected chi connectivity index (χ3v) is 0. The Kier molecular flexibility index (Phi) is 633. The predicted molar refractivity (Wildman–Crippen MR) is 49.4 cm³/mol. The molecule has 0 aliphatic heterocycles. The van der Waals surface area contributed by atoms with Crippen molar-refractivity contribution in [1.29, 1.82) is 0 Å². The average molecular weight is 218 g/mol. The van der Waals surface area contributed by atoms with Crippen molar-refractivity contribution in [3.05, 3.63) is 0 Å². The van der Waals surface area contributed by atoms with Crippen molar-refractivity contribution in [1.82, 2.24) is 0 Å². The molecule has 0 unspecified atom stereocenters. The van der Waals surface area contributed by atoms with Gasteiger partial charge < -0.3 is 16.4 Å². The monoisotopic (exact) mass is 218 g/mol. The van der Waals surface area contributed by atoms with Crippen molar-refractivity contribution in [3.8, 4) is 0 Å². The van der Waals surface area contributed by atoms with Gasteiger partial charge in [0.05, 0.1) is 0 Å². The molecule has 0 atom stereocenters. The van der Waals surface area contributed by atoms with E-state index in [-0.39, 0.29) is 163 Å². The van der Waals surface area contributed by atoms with E-state index < -0.39 is 0 Å². The molecule has 8 heteroatoms. The van der Waals surface area contributed by atoms with Crippen molar-refractivity contribution in [2.45, 2.75) is 0 Å². The molecule has 0 aliphatic carbocycles. The molecule has 3 nitrogen and oxygen atoms in total. The molecule has 42 valence electrons. The SMILES string of the molecule is O.O.O.[AlH3].[CaH2].[KH].[NaH].[Si]. The number of hydrogen-bond acceptors (Lipinski definition) is 0. The second-order valence-electron chi connectivity index (χ2n) is 0. The Labute approximate surface area is 159 Å². The van der Waals surface area contributed by atoms with Gasteiger partial charge >= 0.3 is 119 Å². The van der Waals surface area contributed by atoms with Gasteiger partial charge in [0.15, 0.2) is 17.4 Å². The Hall–Kier alpha value is 4.53. The van der Waals surface area contributed by atoms with E-state index in [1.54, 1.807) is 0 Å². The van der Waals surface area contributed by atoms with Gasteiger partial charge in [-0.2, -0.15) is 0 Å². The van der Waals surface area contributed by atoms with Gasteiger partial charge in [0.1, 0.15) is 0 Å². The Bertz CT molecular complexity index is 19.2. The molecular formula is H13AlCaKNaO3Si. The topological polar surface area (TPSA) is 94.5 Å². The van der Waals surface area contributed by atoms with Crippen LogP contribution in [0.4, 0.5) is 0 Å². The molecule has 0 bridgehead atoms. The Morgan fingerprint density at radius 3 is 0.750 bits per heavy atom. The van der Waals surface area contributed by atoms with Crippen LogP contribution in [0.3, 0.4) is 0 Å². The molecule has 0 aromatic rings. The van der Waals surface area contributed by atoms with Crippen LogP contribution in [0, 0.1) is 0 Å². The van der Waals surface area contributed by atoms with E-state index in [1.165, 1.54) is 0 Å². The summed E-state index contributed by atoms with van der Waals surface area (Å²) in [4.78, 5) is 0. The third-order valence-electron chi connectivity index (χ3n) is 0. The van der Waals surface area contributed by atoms with Crippen LogP contribution in [0.25, 0.3) is 0 Å². The molecule has 0 aromatic heterocycles. The molecule has 0 aromatic carbocycles. The van der Waals surface area contributed by atoms with Crippen molar-refractivity contribution in [2.24, 2.45) is 0 Å². The zero-order valence-corrected chi connectivity index (χ0v) is 3.00. The fourth-order valence-electron chi connectivity index (χ4n) is 0. The maximum atomic E-state index is 0. The summed E-state index contributed by atoms with van der Waals surface area (Å²) >= 11 is 0. The van der Waals surface area contributed by atoms with Gasteiger partial charge in [0, 0.05) is 11.0 Å². The molecule has 0 saturated heterocycles. The first kappa shape index (κ1) is 81.2. The zero-order chi connectivity index (χ0) is 0. The second-order valence-corrected chi connectivity index (χ2v) is 0. The number of rotatable bonds is 0. The van der Waals surface area contributed by atoms with Crippen LogP contribution >= 0.6 is 0 Å². The molecule has 0 rings (SSSR count). The summed E-state index contributed by atoms with van der Waals surface area (Å²) < 4.78 is 0. The third kappa shape index (κ3) is 46.6. The van der Waals surface area contributed by atoms with E-state index in [0.717, 1.165) is 0 Å². The Morgan fingerprint density at radius 1 is 0.750 bits per heavy atom. The fraction of sp³-hybridized carbons (Fsp3) is 0. The second kappa shape index (κ2) is 62.3. The van der Waals surface area contributed by atoms with E-state index in [1.807, 2.05) is 0 Å². The van der Waals surface area contributed by atoms with E-state index in [0.29, 0.717) is 0 Å². The van der Waals surface area contributed by atoms with E-state index >= 15 is 0 Å². The van der Waals surface area contributed by atoms with Crippen LogP contribution in [0.2, 0.25) is 0 Å². The molecular weight excluding hydrogens is 205 g/mol. The van der Waals surface area contributed by atoms with Crippen molar-refractivity contribution >= 4 is 147 Å². The number of hydrogen-bond donors (Lipinski definition) is 0. The Morgan fingerprint density at radius 2 is 0.750 bits per heavy atom. The minimum atomic E-state index is 0. The van der Waals surface area contributed by atoms with Gasteiger partial charge in [0.25, 0.3) is 0 Å². The molecule has 0 fully saturated rings. The van der Waals surface area contributed by atoms with Gasteiger partial charge in [0.2, 0.25) is 0 Å². The molecule has 6 N–H and O–H groups in total. The molecule has 0 heterocycles. The summed E-state index contributed by atoms with van der Waals surface area (Å²) in [7, 11) is 0. The van der Waals surface area contributed by atoms with Crippen molar-refractivity contribution in [3.63, 3.8) is 0 Å². The normalized spacial score (nSPS) is 0. The van der Waals surface area contributed by atoms with Gasteiger partial charge in [-0.3, -0.25) is 0 Å². The van der Waals surface area contributed by atoms with E-state index in [2.05, 4.69) is 0 Å². The first-order valence-electron chi connectivity index (χ1n) is 0. The summed E-state index contributed by atoms with van der Waals surface area (Å²) in [6.07, 6.45) is 0. The van der Waals surface area contributed by atoms with Crippen molar-refractivity contribution in [2.75, 3.05) is 0 Å². The maximum absolute atomic E-state index is 0. The van der Waals surface area contributed by atoms with Crippen LogP contribution in [0.5, 0.6) is 0 Å². The molecule has 0 spiro atoms. The van der Waals surface area contributed by atoms with Gasteiger partial charge in [-0.15, -0.1) is 0 Å². The summed E-state index contributed by atoms with van der Waals surface area (Å²) in [6, 6.07) is 0. The molecule has 0 saturated carbocycles. The van der Waals surface area contributed by atoms with Crippen LogP contribution < -0.4 is 0 Å². The fourth-order valence-corrected chi connectivity index (χ4v) is 0. The van der Waals surface area contributed by atoms with E-state index in [9.17, 15) is 0 Å².